The number of aliphatic hydroxyl groups excluding tert-OH is 1. The zero-order valence-corrected chi connectivity index (χ0v) is 7.60. The van der Waals surface area contributed by atoms with Crippen LogP contribution in [0.15, 0.2) is 11.6 Å². The summed E-state index contributed by atoms with van der Waals surface area (Å²) < 4.78 is 0. The molecule has 0 aliphatic heterocycles. The van der Waals surface area contributed by atoms with Gasteiger partial charge in [-0.2, -0.15) is 0 Å². The highest BCUT2D eigenvalue weighted by Gasteiger charge is 2.18. The van der Waals surface area contributed by atoms with E-state index in [0.29, 0.717) is 0 Å². The molecule has 0 aromatic carbocycles. The molecule has 0 spiro atoms. The van der Waals surface area contributed by atoms with Crippen molar-refractivity contribution in [1.29, 1.82) is 0 Å². The molecule has 0 radical (unpaired) electrons. The summed E-state index contributed by atoms with van der Waals surface area (Å²) in [7, 11) is 0. The SMILES string of the molecule is CC(C)=C[C@@H](O)C(C)(C)C. The summed E-state index contributed by atoms with van der Waals surface area (Å²) in [4.78, 5) is 0. The second kappa shape index (κ2) is 3.20. The van der Waals surface area contributed by atoms with Gasteiger partial charge in [0.25, 0.3) is 0 Å². The van der Waals surface area contributed by atoms with Gasteiger partial charge in [0.05, 0.1) is 6.10 Å². The molecular weight excluding hydrogens is 124 g/mol. The molecule has 1 atom stereocenters. The molecule has 10 heavy (non-hydrogen) atoms. The van der Waals surface area contributed by atoms with Crippen molar-refractivity contribution in [3.8, 4) is 0 Å². The van der Waals surface area contributed by atoms with Crippen LogP contribution < -0.4 is 0 Å². The van der Waals surface area contributed by atoms with Crippen LogP contribution in [0.1, 0.15) is 34.6 Å². The molecule has 0 aliphatic rings. The third kappa shape index (κ3) is 3.67. The Kier molecular flexibility index (Phi) is 3.10. The van der Waals surface area contributed by atoms with Crippen molar-refractivity contribution < 1.29 is 5.11 Å². The Bertz CT molecular complexity index is 124. The summed E-state index contributed by atoms with van der Waals surface area (Å²) in [6, 6.07) is 0. The highest BCUT2D eigenvalue weighted by molar-refractivity contribution is 5.01. The zero-order chi connectivity index (χ0) is 8.36. The lowest BCUT2D eigenvalue weighted by molar-refractivity contribution is 0.105. The average molecular weight is 142 g/mol. The fourth-order valence-corrected chi connectivity index (χ4v) is 0.566. The number of aliphatic hydroxyl groups is 1. The number of rotatable bonds is 1. The topological polar surface area (TPSA) is 20.2 Å². The Morgan fingerprint density at radius 2 is 1.70 bits per heavy atom. The van der Waals surface area contributed by atoms with Gasteiger partial charge >= 0.3 is 0 Å². The molecule has 1 N–H and O–H groups in total. The van der Waals surface area contributed by atoms with Crippen molar-refractivity contribution in [2.45, 2.75) is 40.7 Å². The van der Waals surface area contributed by atoms with E-state index in [1.54, 1.807) is 0 Å². The van der Waals surface area contributed by atoms with Gasteiger partial charge in [-0.05, 0) is 19.3 Å². The predicted octanol–water partition coefficient (Wildman–Crippen LogP) is 2.36. The minimum Gasteiger partial charge on any atom is -0.388 e. The molecule has 0 saturated carbocycles. The van der Waals surface area contributed by atoms with Crippen molar-refractivity contribution in [1.82, 2.24) is 0 Å². The van der Waals surface area contributed by atoms with Crippen molar-refractivity contribution in [2.24, 2.45) is 5.41 Å². The van der Waals surface area contributed by atoms with Crippen LogP contribution in [-0.4, -0.2) is 11.2 Å². The molecule has 0 fully saturated rings. The fourth-order valence-electron chi connectivity index (χ4n) is 0.566. The number of hydrogen-bond acceptors (Lipinski definition) is 1. The molecule has 1 heteroatoms. The van der Waals surface area contributed by atoms with Crippen LogP contribution in [0.5, 0.6) is 0 Å². The van der Waals surface area contributed by atoms with E-state index in [2.05, 4.69) is 0 Å². The van der Waals surface area contributed by atoms with E-state index in [-0.39, 0.29) is 11.5 Å². The summed E-state index contributed by atoms with van der Waals surface area (Å²) in [5, 5.41) is 9.48. The van der Waals surface area contributed by atoms with Gasteiger partial charge in [-0.15, -0.1) is 0 Å². The zero-order valence-electron chi connectivity index (χ0n) is 7.60. The smallest absolute Gasteiger partial charge is 0.0771 e. The lowest BCUT2D eigenvalue weighted by Crippen LogP contribution is -2.23. The van der Waals surface area contributed by atoms with Crippen molar-refractivity contribution in [3.05, 3.63) is 11.6 Å². The number of allylic oxidation sites excluding steroid dienone is 1. The predicted molar refractivity (Wildman–Crippen MR) is 44.9 cm³/mol. The molecule has 0 saturated heterocycles. The Hall–Kier alpha value is -0.300. The van der Waals surface area contributed by atoms with Crippen LogP contribution in [0.25, 0.3) is 0 Å². The minimum absolute atomic E-state index is 0.0305. The summed E-state index contributed by atoms with van der Waals surface area (Å²) in [5.41, 5.74) is 1.14. The van der Waals surface area contributed by atoms with Gasteiger partial charge in [-0.25, -0.2) is 0 Å². The van der Waals surface area contributed by atoms with E-state index in [1.165, 1.54) is 5.57 Å². The molecule has 0 amide bonds. The van der Waals surface area contributed by atoms with E-state index >= 15 is 0 Å². The van der Waals surface area contributed by atoms with Gasteiger partial charge in [0.1, 0.15) is 0 Å². The van der Waals surface area contributed by atoms with Gasteiger partial charge in [0.2, 0.25) is 0 Å². The first-order valence-electron chi connectivity index (χ1n) is 3.67. The van der Waals surface area contributed by atoms with Crippen LogP contribution >= 0.6 is 0 Å². The van der Waals surface area contributed by atoms with E-state index in [4.69, 9.17) is 0 Å². The van der Waals surface area contributed by atoms with Gasteiger partial charge in [0, 0.05) is 0 Å². The second-order valence-electron chi connectivity index (χ2n) is 4.05. The molecule has 0 bridgehead atoms. The lowest BCUT2D eigenvalue weighted by atomic mass is 9.88. The number of hydrogen-bond donors (Lipinski definition) is 1. The summed E-state index contributed by atoms with van der Waals surface area (Å²) in [6.45, 7) is 10.1. The van der Waals surface area contributed by atoms with E-state index in [0.717, 1.165) is 0 Å². The maximum atomic E-state index is 9.48. The third-order valence-electron chi connectivity index (χ3n) is 1.38. The fraction of sp³-hybridized carbons (Fsp3) is 0.778. The van der Waals surface area contributed by atoms with Gasteiger partial charge in [-0.1, -0.05) is 32.4 Å². The van der Waals surface area contributed by atoms with Crippen LogP contribution in [0.4, 0.5) is 0 Å². The van der Waals surface area contributed by atoms with E-state index in [9.17, 15) is 5.11 Å². The van der Waals surface area contributed by atoms with Crippen LogP contribution in [0.2, 0.25) is 0 Å². The van der Waals surface area contributed by atoms with Crippen LogP contribution in [-0.2, 0) is 0 Å². The van der Waals surface area contributed by atoms with Gasteiger partial charge in [-0.3, -0.25) is 0 Å². The van der Waals surface area contributed by atoms with Gasteiger partial charge < -0.3 is 5.11 Å². The molecule has 0 heterocycles. The molecule has 0 aliphatic carbocycles. The summed E-state index contributed by atoms with van der Waals surface area (Å²) in [5.74, 6) is 0. The van der Waals surface area contributed by atoms with Crippen LogP contribution in [0.3, 0.4) is 0 Å². The summed E-state index contributed by atoms with van der Waals surface area (Å²) in [6.07, 6.45) is 1.57. The van der Waals surface area contributed by atoms with Crippen molar-refractivity contribution in [2.75, 3.05) is 0 Å². The lowest BCUT2D eigenvalue weighted by Gasteiger charge is -2.23. The highest BCUT2D eigenvalue weighted by Crippen LogP contribution is 2.20. The Labute approximate surface area is 63.8 Å². The molecular formula is C9H18O. The third-order valence-corrected chi connectivity index (χ3v) is 1.38. The first kappa shape index (κ1) is 9.70. The Balaban J connectivity index is 4.11. The van der Waals surface area contributed by atoms with Crippen molar-refractivity contribution in [3.63, 3.8) is 0 Å². The largest absolute Gasteiger partial charge is 0.388 e. The Morgan fingerprint density at radius 3 is 1.80 bits per heavy atom. The average Bonchev–Trinajstić information content (AvgIpc) is 1.60. The monoisotopic (exact) mass is 142 g/mol. The standard InChI is InChI=1S/C9H18O/c1-7(2)6-8(10)9(3,4)5/h6,8,10H,1-5H3/t8-/m1/s1. The quantitative estimate of drug-likeness (QED) is 0.557. The van der Waals surface area contributed by atoms with E-state index in [1.807, 2.05) is 40.7 Å². The summed E-state index contributed by atoms with van der Waals surface area (Å²) >= 11 is 0. The molecule has 0 rings (SSSR count). The first-order chi connectivity index (χ1) is 4.34. The van der Waals surface area contributed by atoms with E-state index < -0.39 is 0 Å². The molecule has 0 aromatic rings. The second-order valence-corrected chi connectivity index (χ2v) is 4.05. The van der Waals surface area contributed by atoms with Gasteiger partial charge in [0.15, 0.2) is 0 Å². The molecule has 0 aromatic heterocycles. The highest BCUT2D eigenvalue weighted by atomic mass is 16.3. The molecule has 0 unspecified atom stereocenters. The first-order valence-corrected chi connectivity index (χ1v) is 3.67. The maximum absolute atomic E-state index is 9.48. The van der Waals surface area contributed by atoms with Crippen molar-refractivity contribution >= 4 is 0 Å². The maximum Gasteiger partial charge on any atom is 0.0771 e. The molecule has 60 valence electrons. The minimum atomic E-state index is -0.322. The Morgan fingerprint density at radius 1 is 1.30 bits per heavy atom. The molecule has 1 nitrogen and oxygen atoms in total. The van der Waals surface area contributed by atoms with Crippen LogP contribution in [0, 0.1) is 5.41 Å². The normalized spacial score (nSPS) is 14.6.